The lowest BCUT2D eigenvalue weighted by Crippen LogP contribution is -2.24. The average molecular weight is 331 g/mol. The molecule has 1 N–H and O–H groups in total. The van der Waals surface area contributed by atoms with E-state index in [1.165, 1.54) is 6.07 Å². The van der Waals surface area contributed by atoms with Crippen LogP contribution in [0.25, 0.3) is 5.65 Å². The number of aryl methyl sites for hydroxylation is 1. The normalized spacial score (nSPS) is 20.6. The second-order valence-electron chi connectivity index (χ2n) is 5.74. The van der Waals surface area contributed by atoms with Gasteiger partial charge in [0.1, 0.15) is 11.9 Å². The van der Waals surface area contributed by atoms with E-state index in [1.54, 1.807) is 10.6 Å². The lowest BCUT2D eigenvalue weighted by Gasteiger charge is -2.20. The highest BCUT2D eigenvalue weighted by Crippen LogP contribution is 2.31. The maximum Gasteiger partial charge on any atom is 0.178 e. The zero-order valence-electron chi connectivity index (χ0n) is 12.9. The van der Waals surface area contributed by atoms with Crippen molar-refractivity contribution in [2.24, 2.45) is 0 Å². The topological polar surface area (TPSA) is 64.3 Å². The third-order valence-corrected chi connectivity index (χ3v) is 4.12. The van der Waals surface area contributed by atoms with Gasteiger partial charge in [-0.1, -0.05) is 6.07 Å². The van der Waals surface area contributed by atoms with E-state index >= 15 is 0 Å². The van der Waals surface area contributed by atoms with Crippen LogP contribution in [0, 0.1) is 18.6 Å². The first kappa shape index (κ1) is 14.9. The van der Waals surface area contributed by atoms with Crippen molar-refractivity contribution in [3.8, 4) is 0 Å². The third kappa shape index (κ3) is 2.58. The second kappa shape index (κ2) is 5.79. The van der Waals surface area contributed by atoms with Gasteiger partial charge in [0, 0.05) is 6.61 Å². The highest BCUT2D eigenvalue weighted by molar-refractivity contribution is 5.45. The Balaban J connectivity index is 1.59. The molecule has 1 saturated heterocycles. The predicted molar refractivity (Wildman–Crippen MR) is 82.6 cm³/mol. The molecular formula is C16H15F2N5O. The SMILES string of the molecule is Cc1nnc2ccc(NC3CCOC3c3ccc(F)c(F)c3)nn12. The highest BCUT2D eigenvalue weighted by atomic mass is 19.2. The minimum absolute atomic E-state index is 0.0865. The van der Waals surface area contributed by atoms with Crippen molar-refractivity contribution < 1.29 is 13.5 Å². The van der Waals surface area contributed by atoms with Crippen LogP contribution in [-0.4, -0.2) is 32.5 Å². The van der Waals surface area contributed by atoms with Gasteiger partial charge in [0.05, 0.1) is 6.04 Å². The number of hydrogen-bond donors (Lipinski definition) is 1. The number of aromatic nitrogens is 4. The van der Waals surface area contributed by atoms with Gasteiger partial charge in [-0.25, -0.2) is 8.78 Å². The number of hydrogen-bond acceptors (Lipinski definition) is 5. The zero-order chi connectivity index (χ0) is 16.7. The Hall–Kier alpha value is -2.61. The van der Waals surface area contributed by atoms with E-state index in [4.69, 9.17) is 4.74 Å². The average Bonchev–Trinajstić information content (AvgIpc) is 3.18. The maximum atomic E-state index is 13.5. The molecule has 0 aliphatic carbocycles. The van der Waals surface area contributed by atoms with Crippen LogP contribution in [0.2, 0.25) is 0 Å². The number of rotatable bonds is 3. The van der Waals surface area contributed by atoms with Gasteiger partial charge in [-0.2, -0.15) is 4.52 Å². The number of fused-ring (bicyclic) bond motifs is 1. The second-order valence-corrected chi connectivity index (χ2v) is 5.74. The molecule has 1 aromatic carbocycles. The Morgan fingerprint density at radius 2 is 2.04 bits per heavy atom. The fourth-order valence-electron chi connectivity index (χ4n) is 2.92. The minimum atomic E-state index is -0.874. The molecule has 6 nitrogen and oxygen atoms in total. The van der Waals surface area contributed by atoms with Crippen LogP contribution in [0.15, 0.2) is 30.3 Å². The number of nitrogens with one attached hydrogen (secondary N) is 1. The van der Waals surface area contributed by atoms with Gasteiger partial charge >= 0.3 is 0 Å². The van der Waals surface area contributed by atoms with Crippen molar-refractivity contribution in [3.05, 3.63) is 53.4 Å². The molecule has 0 spiro atoms. The number of benzene rings is 1. The first-order chi connectivity index (χ1) is 11.6. The quantitative estimate of drug-likeness (QED) is 0.799. The summed E-state index contributed by atoms with van der Waals surface area (Å²) in [5.74, 6) is -0.403. The van der Waals surface area contributed by atoms with Gasteiger partial charge in [-0.3, -0.25) is 0 Å². The fourth-order valence-corrected chi connectivity index (χ4v) is 2.92. The fraction of sp³-hybridized carbons (Fsp3) is 0.312. The summed E-state index contributed by atoms with van der Waals surface area (Å²) in [6.07, 6.45) is 0.379. The van der Waals surface area contributed by atoms with Gasteiger partial charge in [-0.15, -0.1) is 15.3 Å². The summed E-state index contributed by atoms with van der Waals surface area (Å²) in [7, 11) is 0. The van der Waals surface area contributed by atoms with Crippen molar-refractivity contribution in [1.82, 2.24) is 19.8 Å². The van der Waals surface area contributed by atoms with Crippen LogP contribution in [0.1, 0.15) is 23.9 Å². The van der Waals surface area contributed by atoms with Crippen LogP contribution >= 0.6 is 0 Å². The molecule has 124 valence electrons. The minimum Gasteiger partial charge on any atom is -0.371 e. The van der Waals surface area contributed by atoms with Gasteiger partial charge in [0.15, 0.2) is 23.1 Å². The van der Waals surface area contributed by atoms with Crippen molar-refractivity contribution in [2.45, 2.75) is 25.5 Å². The molecule has 2 unspecified atom stereocenters. The standard InChI is InChI=1S/C16H15F2N5O/c1-9-20-21-15-5-4-14(22-23(9)15)19-13-6-7-24-16(13)10-2-3-11(17)12(18)8-10/h2-5,8,13,16H,6-7H2,1H3,(H,19,22). The highest BCUT2D eigenvalue weighted by Gasteiger charge is 2.30. The first-order valence-electron chi connectivity index (χ1n) is 7.64. The molecule has 3 aromatic rings. The lowest BCUT2D eigenvalue weighted by atomic mass is 10.0. The molecule has 2 atom stereocenters. The summed E-state index contributed by atoms with van der Waals surface area (Å²) < 4.78 is 34.0. The molecule has 1 aliphatic heterocycles. The molecule has 0 amide bonds. The van der Waals surface area contributed by atoms with Crippen molar-refractivity contribution in [1.29, 1.82) is 0 Å². The van der Waals surface area contributed by atoms with Crippen molar-refractivity contribution in [2.75, 3.05) is 11.9 Å². The molecule has 3 heterocycles. The van der Waals surface area contributed by atoms with E-state index in [2.05, 4.69) is 20.6 Å². The largest absolute Gasteiger partial charge is 0.371 e. The first-order valence-corrected chi connectivity index (χ1v) is 7.64. The molecule has 8 heteroatoms. The van der Waals surface area contributed by atoms with E-state index in [1.807, 2.05) is 19.1 Å². The molecule has 1 fully saturated rings. The molecule has 24 heavy (non-hydrogen) atoms. The summed E-state index contributed by atoms with van der Waals surface area (Å²) >= 11 is 0. The lowest BCUT2D eigenvalue weighted by molar-refractivity contribution is 0.107. The van der Waals surface area contributed by atoms with Gasteiger partial charge < -0.3 is 10.1 Å². The summed E-state index contributed by atoms with van der Waals surface area (Å²) in [6, 6.07) is 7.39. The molecule has 1 aliphatic rings. The van der Waals surface area contributed by atoms with E-state index in [0.29, 0.717) is 29.5 Å². The number of ether oxygens (including phenoxy) is 1. The van der Waals surface area contributed by atoms with Crippen LogP contribution in [0.4, 0.5) is 14.6 Å². The van der Waals surface area contributed by atoms with Crippen LogP contribution in [-0.2, 0) is 4.74 Å². The molecular weight excluding hydrogens is 316 g/mol. The van der Waals surface area contributed by atoms with E-state index in [0.717, 1.165) is 12.5 Å². The summed E-state index contributed by atoms with van der Waals surface area (Å²) in [6.45, 7) is 2.36. The van der Waals surface area contributed by atoms with Crippen molar-refractivity contribution >= 4 is 11.5 Å². The van der Waals surface area contributed by atoms with Gasteiger partial charge in [-0.05, 0) is 43.2 Å². The summed E-state index contributed by atoms with van der Waals surface area (Å²) in [5, 5.41) is 15.7. The van der Waals surface area contributed by atoms with E-state index < -0.39 is 11.6 Å². The number of nitrogens with zero attached hydrogens (tertiary/aromatic N) is 4. The predicted octanol–water partition coefficient (Wildman–Crippen LogP) is 2.65. The third-order valence-electron chi connectivity index (χ3n) is 4.12. The summed E-state index contributed by atoms with van der Waals surface area (Å²) in [4.78, 5) is 0. The molecule has 0 saturated carbocycles. The Kier molecular flexibility index (Phi) is 3.61. The zero-order valence-corrected chi connectivity index (χ0v) is 12.9. The Morgan fingerprint density at radius 3 is 2.88 bits per heavy atom. The van der Waals surface area contributed by atoms with Crippen LogP contribution in [0.5, 0.6) is 0 Å². The van der Waals surface area contributed by atoms with Gasteiger partial charge in [0.2, 0.25) is 0 Å². The van der Waals surface area contributed by atoms with E-state index in [9.17, 15) is 8.78 Å². The summed E-state index contributed by atoms with van der Waals surface area (Å²) in [5.41, 5.74) is 1.27. The Morgan fingerprint density at radius 1 is 1.17 bits per heavy atom. The molecule has 0 bridgehead atoms. The van der Waals surface area contributed by atoms with Crippen LogP contribution in [0.3, 0.4) is 0 Å². The monoisotopic (exact) mass is 331 g/mol. The molecule has 2 aromatic heterocycles. The number of anilines is 1. The maximum absolute atomic E-state index is 13.5. The van der Waals surface area contributed by atoms with Crippen molar-refractivity contribution in [3.63, 3.8) is 0 Å². The smallest absolute Gasteiger partial charge is 0.178 e. The van der Waals surface area contributed by atoms with Crippen LogP contribution < -0.4 is 5.32 Å². The Bertz CT molecular complexity index is 897. The van der Waals surface area contributed by atoms with Gasteiger partial charge in [0.25, 0.3) is 0 Å². The molecule has 0 radical (unpaired) electrons. The molecule has 4 rings (SSSR count). The Labute approximate surface area is 136 Å². The number of halogens is 2. The van der Waals surface area contributed by atoms with E-state index in [-0.39, 0.29) is 12.1 Å².